The number of ether oxygens (including phenoxy) is 2. The maximum atomic E-state index is 13.0. The van der Waals surface area contributed by atoms with Crippen LogP contribution in [-0.2, 0) is 17.1 Å². The van der Waals surface area contributed by atoms with Gasteiger partial charge in [-0.05, 0) is 26.0 Å². The number of hydrogen-bond acceptors (Lipinski definition) is 3. The summed E-state index contributed by atoms with van der Waals surface area (Å²) >= 11 is 0. The van der Waals surface area contributed by atoms with Gasteiger partial charge in [-0.1, -0.05) is 0 Å². The first-order chi connectivity index (χ1) is 10.0. The Kier molecular flexibility index (Phi) is 5.31. The summed E-state index contributed by atoms with van der Waals surface area (Å²) < 4.78 is 86.4. The molecular weight excluding hydrogens is 318 g/mol. The first-order valence-corrected chi connectivity index (χ1v) is 6.14. The topological polar surface area (TPSA) is 35.5 Å². The largest absolute Gasteiger partial charge is 0.492 e. The molecule has 0 heterocycles. The van der Waals surface area contributed by atoms with Gasteiger partial charge in [-0.25, -0.2) is 4.79 Å². The fourth-order valence-corrected chi connectivity index (χ4v) is 1.66. The van der Waals surface area contributed by atoms with Crippen LogP contribution in [0.15, 0.2) is 12.1 Å². The van der Waals surface area contributed by atoms with Gasteiger partial charge in [0.15, 0.2) is 0 Å². The standard InChI is InChI=1S/C13H12F6O3/c1-3-21-10-8(11(20)22-4-2)5-7(12(14,15)16)6-9(10)13(17,18)19/h5-6H,3-4H2,1-2H3. The van der Waals surface area contributed by atoms with Crippen molar-refractivity contribution in [3.05, 3.63) is 28.8 Å². The van der Waals surface area contributed by atoms with Crippen molar-refractivity contribution in [1.29, 1.82) is 0 Å². The van der Waals surface area contributed by atoms with Gasteiger partial charge in [-0.2, -0.15) is 26.3 Å². The van der Waals surface area contributed by atoms with Crippen molar-refractivity contribution in [2.75, 3.05) is 13.2 Å². The van der Waals surface area contributed by atoms with Gasteiger partial charge < -0.3 is 9.47 Å². The second kappa shape index (κ2) is 6.45. The molecule has 0 saturated heterocycles. The molecule has 124 valence electrons. The summed E-state index contributed by atoms with van der Waals surface area (Å²) in [5.41, 5.74) is -4.19. The van der Waals surface area contributed by atoms with E-state index in [9.17, 15) is 31.1 Å². The highest BCUT2D eigenvalue weighted by Crippen LogP contribution is 2.42. The van der Waals surface area contributed by atoms with Crippen LogP contribution in [0, 0.1) is 0 Å². The lowest BCUT2D eigenvalue weighted by atomic mass is 10.0. The third kappa shape index (κ3) is 4.05. The molecule has 0 bridgehead atoms. The van der Waals surface area contributed by atoms with E-state index in [-0.39, 0.29) is 25.3 Å². The molecular formula is C13H12F6O3. The number of hydrogen-bond donors (Lipinski definition) is 0. The van der Waals surface area contributed by atoms with Gasteiger partial charge >= 0.3 is 18.3 Å². The van der Waals surface area contributed by atoms with E-state index in [4.69, 9.17) is 4.74 Å². The molecule has 0 aromatic heterocycles. The van der Waals surface area contributed by atoms with Crippen LogP contribution < -0.4 is 4.74 Å². The Morgan fingerprint density at radius 3 is 2.00 bits per heavy atom. The second-order valence-corrected chi connectivity index (χ2v) is 4.05. The van der Waals surface area contributed by atoms with Crippen molar-refractivity contribution in [3.63, 3.8) is 0 Å². The number of esters is 1. The normalized spacial score (nSPS) is 12.2. The number of carbonyl (C=O) groups excluding carboxylic acids is 1. The number of rotatable bonds is 4. The summed E-state index contributed by atoms with van der Waals surface area (Å²) in [4.78, 5) is 11.7. The summed E-state index contributed by atoms with van der Waals surface area (Å²) in [6.07, 6.45) is -10.2. The highest BCUT2D eigenvalue weighted by Gasteiger charge is 2.41. The fraction of sp³-hybridized carbons (Fsp3) is 0.462. The monoisotopic (exact) mass is 330 g/mol. The number of alkyl halides is 6. The molecule has 0 aliphatic heterocycles. The zero-order valence-electron chi connectivity index (χ0n) is 11.6. The first-order valence-electron chi connectivity index (χ1n) is 6.14. The number of halogens is 6. The molecule has 3 nitrogen and oxygen atoms in total. The Balaban J connectivity index is 3.66. The molecule has 22 heavy (non-hydrogen) atoms. The van der Waals surface area contributed by atoms with E-state index >= 15 is 0 Å². The molecule has 0 saturated carbocycles. The van der Waals surface area contributed by atoms with Crippen LogP contribution in [0.2, 0.25) is 0 Å². The molecule has 9 heteroatoms. The summed E-state index contributed by atoms with van der Waals surface area (Å²) in [7, 11) is 0. The maximum absolute atomic E-state index is 13.0. The van der Waals surface area contributed by atoms with E-state index in [0.29, 0.717) is 0 Å². The van der Waals surface area contributed by atoms with Crippen molar-refractivity contribution < 1.29 is 40.6 Å². The SMILES string of the molecule is CCOC(=O)c1cc(C(F)(F)F)cc(C(F)(F)F)c1OCC. The lowest BCUT2D eigenvalue weighted by molar-refractivity contribution is -0.143. The molecule has 0 atom stereocenters. The van der Waals surface area contributed by atoms with Crippen molar-refractivity contribution in [2.24, 2.45) is 0 Å². The fourth-order valence-electron chi connectivity index (χ4n) is 1.66. The molecule has 0 N–H and O–H groups in total. The molecule has 0 unspecified atom stereocenters. The van der Waals surface area contributed by atoms with Crippen molar-refractivity contribution in [1.82, 2.24) is 0 Å². The van der Waals surface area contributed by atoms with Crippen LogP contribution in [0.4, 0.5) is 26.3 Å². The highest BCUT2D eigenvalue weighted by molar-refractivity contribution is 5.93. The third-order valence-electron chi connectivity index (χ3n) is 2.51. The van der Waals surface area contributed by atoms with Gasteiger partial charge in [-0.3, -0.25) is 0 Å². The van der Waals surface area contributed by atoms with Gasteiger partial charge in [0.25, 0.3) is 0 Å². The molecule has 0 fully saturated rings. The predicted octanol–water partition coefficient (Wildman–Crippen LogP) is 4.30. The van der Waals surface area contributed by atoms with E-state index < -0.39 is 40.8 Å². The maximum Gasteiger partial charge on any atom is 0.420 e. The molecule has 1 aromatic rings. The Hall–Kier alpha value is -1.93. The van der Waals surface area contributed by atoms with E-state index in [1.807, 2.05) is 0 Å². The molecule has 0 spiro atoms. The van der Waals surface area contributed by atoms with Crippen molar-refractivity contribution in [3.8, 4) is 5.75 Å². The summed E-state index contributed by atoms with van der Waals surface area (Å²) in [5, 5.41) is 0. The molecule has 1 rings (SSSR count). The zero-order chi connectivity index (χ0) is 17.1. The summed E-state index contributed by atoms with van der Waals surface area (Å²) in [6, 6.07) is 0.200. The predicted molar refractivity (Wildman–Crippen MR) is 63.6 cm³/mol. The van der Waals surface area contributed by atoms with Crippen LogP contribution in [0.3, 0.4) is 0 Å². The molecule has 1 aromatic carbocycles. The molecule has 0 radical (unpaired) electrons. The minimum atomic E-state index is -5.12. The quantitative estimate of drug-likeness (QED) is 0.610. The average Bonchev–Trinajstić information content (AvgIpc) is 2.36. The zero-order valence-corrected chi connectivity index (χ0v) is 11.6. The smallest absolute Gasteiger partial charge is 0.420 e. The lowest BCUT2D eigenvalue weighted by Crippen LogP contribution is -2.17. The van der Waals surface area contributed by atoms with Crippen LogP contribution in [0.5, 0.6) is 5.75 Å². The Morgan fingerprint density at radius 2 is 1.59 bits per heavy atom. The third-order valence-corrected chi connectivity index (χ3v) is 2.51. The Morgan fingerprint density at radius 1 is 1.00 bits per heavy atom. The average molecular weight is 330 g/mol. The number of benzene rings is 1. The lowest BCUT2D eigenvalue weighted by Gasteiger charge is -2.19. The van der Waals surface area contributed by atoms with E-state index in [2.05, 4.69) is 4.74 Å². The van der Waals surface area contributed by atoms with Crippen LogP contribution >= 0.6 is 0 Å². The van der Waals surface area contributed by atoms with Crippen molar-refractivity contribution in [2.45, 2.75) is 26.2 Å². The van der Waals surface area contributed by atoms with E-state index in [1.165, 1.54) is 13.8 Å². The van der Waals surface area contributed by atoms with Gasteiger partial charge in [-0.15, -0.1) is 0 Å². The Bertz CT molecular complexity index is 548. The van der Waals surface area contributed by atoms with Crippen molar-refractivity contribution >= 4 is 5.97 Å². The van der Waals surface area contributed by atoms with Gasteiger partial charge in [0, 0.05) is 0 Å². The van der Waals surface area contributed by atoms with Gasteiger partial charge in [0.05, 0.1) is 24.3 Å². The second-order valence-electron chi connectivity index (χ2n) is 4.05. The Labute approximate surface area is 121 Å². The van der Waals surface area contributed by atoms with Crippen LogP contribution in [0.25, 0.3) is 0 Å². The van der Waals surface area contributed by atoms with E-state index in [1.54, 1.807) is 0 Å². The summed E-state index contributed by atoms with van der Waals surface area (Å²) in [6.45, 7) is 2.24. The minimum absolute atomic E-state index is 0.0896. The molecule has 0 amide bonds. The molecule has 0 aliphatic carbocycles. The van der Waals surface area contributed by atoms with Gasteiger partial charge in [0.2, 0.25) is 0 Å². The minimum Gasteiger partial charge on any atom is -0.492 e. The highest BCUT2D eigenvalue weighted by atomic mass is 19.4. The first kappa shape index (κ1) is 18.1. The summed E-state index contributed by atoms with van der Waals surface area (Å²) in [5.74, 6) is -2.29. The van der Waals surface area contributed by atoms with Gasteiger partial charge in [0.1, 0.15) is 11.3 Å². The van der Waals surface area contributed by atoms with Crippen LogP contribution in [0.1, 0.15) is 35.3 Å². The van der Waals surface area contributed by atoms with E-state index in [0.717, 1.165) is 0 Å². The number of carbonyl (C=O) groups is 1. The molecule has 0 aliphatic rings. The van der Waals surface area contributed by atoms with Crippen LogP contribution in [-0.4, -0.2) is 19.2 Å².